The molecule has 1 fully saturated rings. The van der Waals surface area contributed by atoms with Gasteiger partial charge in [-0.1, -0.05) is 43.3 Å². The van der Waals surface area contributed by atoms with E-state index in [0.717, 1.165) is 28.8 Å². The Balaban J connectivity index is 0.00000187. The number of ether oxygens (including phenoxy) is 1. The molecule has 2 aromatic carbocycles. The van der Waals surface area contributed by atoms with Crippen molar-refractivity contribution in [2.24, 2.45) is 5.73 Å². The number of benzene rings is 2. The number of aliphatic hydroxyl groups excluding tert-OH is 3. The minimum Gasteiger partial charge on any atom is -0.397 e. The van der Waals surface area contributed by atoms with Gasteiger partial charge in [0.15, 0.2) is 17.5 Å². The summed E-state index contributed by atoms with van der Waals surface area (Å²) in [6.45, 7) is 5.42. The van der Waals surface area contributed by atoms with Crippen molar-refractivity contribution in [3.05, 3.63) is 71.2 Å². The van der Waals surface area contributed by atoms with Crippen LogP contribution in [0.2, 0.25) is 0 Å². The molecule has 33 heavy (non-hydrogen) atoms. The van der Waals surface area contributed by atoms with Gasteiger partial charge < -0.3 is 31.1 Å². The average molecular weight is 487 g/mol. The maximum atomic E-state index is 13.5. The van der Waals surface area contributed by atoms with Gasteiger partial charge in [-0.2, -0.15) is 0 Å². The van der Waals surface area contributed by atoms with Crippen LogP contribution >= 0.6 is 11.8 Å². The summed E-state index contributed by atoms with van der Waals surface area (Å²) in [6.07, 6.45) is -2.37. The Morgan fingerprint density at radius 1 is 1.12 bits per heavy atom. The van der Waals surface area contributed by atoms with Gasteiger partial charge >= 0.3 is 0 Å². The van der Waals surface area contributed by atoms with Gasteiger partial charge in [0, 0.05) is 16.7 Å². The molecule has 5 unspecified atom stereocenters. The van der Waals surface area contributed by atoms with Crippen LogP contribution in [0, 0.1) is 24.4 Å². The standard InChI is InChI=1S/C21H23F3N2O4S.C2H6/c1-10-3-2-4-12(5-10)31-21-20(29)18(19(28)16(9-27)30-21)26-8-15(25)11-6-13(22)17(24)14(23)7-11;1-2/h2-8,16,18-21,26-29H,9,25H2,1H3;1-2H3/b15-8-;. The van der Waals surface area contributed by atoms with E-state index in [1.165, 1.54) is 11.8 Å². The van der Waals surface area contributed by atoms with Crippen LogP contribution in [0.1, 0.15) is 25.0 Å². The lowest BCUT2D eigenvalue weighted by Crippen LogP contribution is -2.62. The second kappa shape index (κ2) is 12.3. The quantitative estimate of drug-likeness (QED) is 0.400. The van der Waals surface area contributed by atoms with Gasteiger partial charge in [-0.05, 0) is 31.2 Å². The third-order valence-corrected chi connectivity index (χ3v) is 6.02. The molecule has 1 aliphatic rings. The molecule has 0 spiro atoms. The molecule has 0 saturated carbocycles. The fraction of sp³-hybridized carbons (Fsp3) is 0.391. The fourth-order valence-electron chi connectivity index (χ4n) is 3.20. The van der Waals surface area contributed by atoms with Crippen molar-refractivity contribution in [3.8, 4) is 0 Å². The SMILES string of the molecule is CC.Cc1cccc(SC2OC(CO)C(O)C(N/C=C(\N)c3cc(F)c(F)c(F)c3)C2O)c1. The van der Waals surface area contributed by atoms with Crippen molar-refractivity contribution in [1.82, 2.24) is 5.32 Å². The molecule has 0 bridgehead atoms. The number of nitrogens with one attached hydrogen (secondary N) is 1. The van der Waals surface area contributed by atoms with E-state index >= 15 is 0 Å². The zero-order valence-electron chi connectivity index (χ0n) is 18.5. The van der Waals surface area contributed by atoms with Crippen LogP contribution in [-0.4, -0.2) is 51.7 Å². The summed E-state index contributed by atoms with van der Waals surface area (Å²) >= 11 is 1.22. The van der Waals surface area contributed by atoms with E-state index in [2.05, 4.69) is 5.32 Å². The van der Waals surface area contributed by atoms with E-state index < -0.39 is 53.8 Å². The van der Waals surface area contributed by atoms with Gasteiger partial charge in [-0.3, -0.25) is 0 Å². The van der Waals surface area contributed by atoms with Crippen molar-refractivity contribution in [2.75, 3.05) is 6.61 Å². The molecule has 6 N–H and O–H groups in total. The predicted molar refractivity (Wildman–Crippen MR) is 122 cm³/mol. The average Bonchev–Trinajstić information content (AvgIpc) is 2.80. The van der Waals surface area contributed by atoms with E-state index in [9.17, 15) is 28.5 Å². The molecule has 5 atom stereocenters. The first-order chi connectivity index (χ1) is 15.7. The zero-order chi connectivity index (χ0) is 24.7. The summed E-state index contributed by atoms with van der Waals surface area (Å²) in [4.78, 5) is 0.822. The summed E-state index contributed by atoms with van der Waals surface area (Å²) in [5, 5.41) is 33.5. The highest BCUT2D eigenvalue weighted by Crippen LogP contribution is 2.33. The maximum absolute atomic E-state index is 13.5. The lowest BCUT2D eigenvalue weighted by atomic mass is 9.97. The van der Waals surface area contributed by atoms with E-state index in [-0.39, 0.29) is 11.3 Å². The van der Waals surface area contributed by atoms with E-state index in [1.807, 2.05) is 45.0 Å². The van der Waals surface area contributed by atoms with Crippen LogP contribution in [0.5, 0.6) is 0 Å². The number of rotatable bonds is 6. The number of hydrogen-bond acceptors (Lipinski definition) is 7. The van der Waals surface area contributed by atoms with Crippen LogP contribution in [0.4, 0.5) is 13.2 Å². The summed E-state index contributed by atoms with van der Waals surface area (Å²) in [7, 11) is 0. The second-order valence-corrected chi connectivity index (χ2v) is 8.36. The Hall–Kier alpha value is -2.24. The zero-order valence-corrected chi connectivity index (χ0v) is 19.3. The second-order valence-electron chi connectivity index (χ2n) is 7.19. The molecule has 1 heterocycles. The number of halogens is 3. The van der Waals surface area contributed by atoms with Gasteiger partial charge in [-0.25, -0.2) is 13.2 Å². The van der Waals surface area contributed by atoms with Gasteiger partial charge in [0.2, 0.25) is 0 Å². The summed E-state index contributed by atoms with van der Waals surface area (Å²) in [5.41, 5.74) is 5.75. The summed E-state index contributed by atoms with van der Waals surface area (Å²) < 4.78 is 45.7. The fourth-order valence-corrected chi connectivity index (χ4v) is 4.38. The molecular weight excluding hydrogens is 457 g/mol. The normalized spacial score (nSPS) is 25.2. The molecule has 0 aromatic heterocycles. The van der Waals surface area contributed by atoms with Gasteiger partial charge in [0.1, 0.15) is 23.7 Å². The highest BCUT2D eigenvalue weighted by atomic mass is 32.2. The first kappa shape index (κ1) is 27.0. The summed E-state index contributed by atoms with van der Waals surface area (Å²) in [5.74, 6) is -4.40. The molecule has 1 saturated heterocycles. The number of aryl methyl sites for hydroxylation is 1. The third-order valence-electron chi connectivity index (χ3n) is 4.87. The van der Waals surface area contributed by atoms with Gasteiger partial charge in [0.25, 0.3) is 0 Å². The summed E-state index contributed by atoms with van der Waals surface area (Å²) in [6, 6.07) is 7.96. The molecule has 6 nitrogen and oxygen atoms in total. The Morgan fingerprint density at radius 2 is 1.76 bits per heavy atom. The number of hydrogen-bond donors (Lipinski definition) is 5. The third kappa shape index (κ3) is 6.64. The Morgan fingerprint density at radius 3 is 2.33 bits per heavy atom. The minimum atomic E-state index is -1.61. The predicted octanol–water partition coefficient (Wildman–Crippen LogP) is 2.89. The van der Waals surface area contributed by atoms with Crippen LogP contribution in [-0.2, 0) is 4.74 Å². The monoisotopic (exact) mass is 486 g/mol. The lowest BCUT2D eigenvalue weighted by molar-refractivity contribution is -0.164. The molecule has 0 aliphatic carbocycles. The van der Waals surface area contributed by atoms with Crippen molar-refractivity contribution in [1.29, 1.82) is 0 Å². The first-order valence-corrected chi connectivity index (χ1v) is 11.3. The lowest BCUT2D eigenvalue weighted by Gasteiger charge is -2.42. The van der Waals surface area contributed by atoms with Gasteiger partial charge in [0.05, 0.1) is 18.3 Å². The highest BCUT2D eigenvalue weighted by Gasteiger charge is 2.44. The Bertz CT molecular complexity index is 940. The molecule has 2 aromatic rings. The molecule has 10 heteroatoms. The largest absolute Gasteiger partial charge is 0.397 e. The topological polar surface area (TPSA) is 108 Å². The van der Waals surface area contributed by atoms with Crippen LogP contribution in [0.15, 0.2) is 47.5 Å². The Labute approximate surface area is 195 Å². The van der Waals surface area contributed by atoms with E-state index in [1.54, 1.807) is 0 Å². The molecular formula is C23H29F3N2O4S. The van der Waals surface area contributed by atoms with Crippen molar-refractivity contribution < 1.29 is 33.2 Å². The Kier molecular flexibility index (Phi) is 10.1. The molecule has 3 rings (SSSR count). The van der Waals surface area contributed by atoms with Gasteiger partial charge in [-0.15, -0.1) is 0 Å². The maximum Gasteiger partial charge on any atom is 0.194 e. The minimum absolute atomic E-state index is 0.121. The van der Waals surface area contributed by atoms with E-state index in [0.29, 0.717) is 0 Å². The number of thioether (sulfide) groups is 1. The molecule has 182 valence electrons. The molecule has 0 amide bonds. The van der Waals surface area contributed by atoms with Crippen molar-refractivity contribution in [3.63, 3.8) is 0 Å². The number of aliphatic hydroxyl groups is 3. The van der Waals surface area contributed by atoms with Crippen LogP contribution < -0.4 is 11.1 Å². The van der Waals surface area contributed by atoms with Crippen LogP contribution in [0.25, 0.3) is 5.70 Å². The van der Waals surface area contributed by atoms with E-state index in [4.69, 9.17) is 10.5 Å². The van der Waals surface area contributed by atoms with Crippen LogP contribution in [0.3, 0.4) is 0 Å². The molecule has 0 radical (unpaired) electrons. The smallest absolute Gasteiger partial charge is 0.194 e. The van der Waals surface area contributed by atoms with Crippen molar-refractivity contribution >= 4 is 17.5 Å². The highest BCUT2D eigenvalue weighted by molar-refractivity contribution is 7.99. The molecule has 1 aliphatic heterocycles. The number of nitrogens with two attached hydrogens (primary N) is 1. The first-order valence-electron chi connectivity index (χ1n) is 10.4. The van der Waals surface area contributed by atoms with Crippen molar-refractivity contribution in [2.45, 2.75) is 55.5 Å².